The summed E-state index contributed by atoms with van der Waals surface area (Å²) in [5, 5.41) is 4.48. The predicted molar refractivity (Wildman–Crippen MR) is 84.5 cm³/mol. The summed E-state index contributed by atoms with van der Waals surface area (Å²) in [4.78, 5) is 4.42. The van der Waals surface area contributed by atoms with Crippen LogP contribution in [0.3, 0.4) is 0 Å². The van der Waals surface area contributed by atoms with Crippen LogP contribution in [0.4, 0.5) is 13.2 Å². The summed E-state index contributed by atoms with van der Waals surface area (Å²) in [5.74, 6) is 0. The van der Waals surface area contributed by atoms with Crippen LogP contribution < -0.4 is 5.32 Å². The van der Waals surface area contributed by atoms with Crippen LogP contribution in [-0.4, -0.2) is 22.4 Å². The fourth-order valence-corrected chi connectivity index (χ4v) is 3.49. The Balaban J connectivity index is 1.67. The van der Waals surface area contributed by atoms with Gasteiger partial charge in [-0.05, 0) is 36.8 Å². The molecule has 0 fully saturated rings. The number of alkyl halides is 3. The van der Waals surface area contributed by atoms with Crippen molar-refractivity contribution < 1.29 is 13.2 Å². The van der Waals surface area contributed by atoms with Gasteiger partial charge in [-0.2, -0.15) is 13.2 Å². The number of imidazole rings is 1. The molecule has 3 nitrogen and oxygen atoms in total. The molecule has 0 aliphatic carbocycles. The summed E-state index contributed by atoms with van der Waals surface area (Å²) in [7, 11) is 0. The van der Waals surface area contributed by atoms with Crippen molar-refractivity contribution in [2.75, 3.05) is 12.8 Å². The number of hydrogen-bond acceptors (Lipinski definition) is 3. The average Bonchev–Trinajstić information content (AvgIpc) is 2.96. The molecule has 0 bridgehead atoms. The van der Waals surface area contributed by atoms with Crippen LogP contribution >= 0.6 is 11.8 Å². The molecule has 0 saturated heterocycles. The molecule has 3 rings (SSSR count). The van der Waals surface area contributed by atoms with Gasteiger partial charge >= 0.3 is 6.18 Å². The van der Waals surface area contributed by atoms with Crippen LogP contribution in [0.15, 0.2) is 35.6 Å². The van der Waals surface area contributed by atoms with Crippen LogP contribution in [0.25, 0.3) is 0 Å². The molecule has 1 N–H and O–H groups in total. The third-order valence-corrected chi connectivity index (χ3v) is 4.81. The van der Waals surface area contributed by atoms with E-state index in [0.717, 1.165) is 54.5 Å². The van der Waals surface area contributed by atoms with Crippen LogP contribution in [0.5, 0.6) is 0 Å². The lowest BCUT2D eigenvalue weighted by Crippen LogP contribution is -2.33. The maximum atomic E-state index is 12.6. The Morgan fingerprint density at radius 3 is 2.70 bits per heavy atom. The molecule has 124 valence electrons. The molecule has 0 radical (unpaired) electrons. The SMILES string of the molecule is CSc1ncc2n1CCN[C@H]2CCc1ccc(C(F)(F)F)cc1. The van der Waals surface area contributed by atoms with E-state index in [-0.39, 0.29) is 6.04 Å². The van der Waals surface area contributed by atoms with Crippen LogP contribution in [0.2, 0.25) is 0 Å². The summed E-state index contributed by atoms with van der Waals surface area (Å²) < 4.78 is 39.9. The quantitative estimate of drug-likeness (QED) is 0.856. The number of nitrogens with one attached hydrogen (secondary N) is 1. The highest BCUT2D eigenvalue weighted by Crippen LogP contribution is 2.30. The van der Waals surface area contributed by atoms with Crippen molar-refractivity contribution in [3.05, 3.63) is 47.3 Å². The van der Waals surface area contributed by atoms with E-state index in [1.165, 1.54) is 0 Å². The van der Waals surface area contributed by atoms with E-state index in [1.807, 2.05) is 12.5 Å². The number of rotatable bonds is 4. The van der Waals surface area contributed by atoms with Gasteiger partial charge < -0.3 is 9.88 Å². The second-order valence-corrected chi connectivity index (χ2v) is 6.33. The highest BCUT2D eigenvalue weighted by atomic mass is 32.2. The number of aryl methyl sites for hydroxylation is 1. The summed E-state index contributed by atoms with van der Waals surface area (Å²) in [5.41, 5.74) is 1.48. The first kappa shape index (κ1) is 16.4. The zero-order chi connectivity index (χ0) is 16.4. The van der Waals surface area contributed by atoms with Crippen molar-refractivity contribution in [3.8, 4) is 0 Å². The molecule has 1 atom stereocenters. The van der Waals surface area contributed by atoms with E-state index in [9.17, 15) is 13.2 Å². The van der Waals surface area contributed by atoms with Gasteiger partial charge in [0.15, 0.2) is 5.16 Å². The Kier molecular flexibility index (Phi) is 4.68. The first-order valence-electron chi connectivity index (χ1n) is 7.48. The number of hydrogen-bond donors (Lipinski definition) is 1. The number of benzene rings is 1. The lowest BCUT2D eigenvalue weighted by molar-refractivity contribution is -0.137. The zero-order valence-corrected chi connectivity index (χ0v) is 13.5. The van der Waals surface area contributed by atoms with Gasteiger partial charge in [0.25, 0.3) is 0 Å². The molecule has 0 saturated carbocycles. The lowest BCUT2D eigenvalue weighted by atomic mass is 10.0. The molecule has 2 heterocycles. The fraction of sp³-hybridized carbons (Fsp3) is 0.438. The monoisotopic (exact) mass is 341 g/mol. The number of aromatic nitrogens is 2. The Labute approximate surface area is 137 Å². The minimum Gasteiger partial charge on any atom is -0.320 e. The molecular weight excluding hydrogens is 323 g/mol. The average molecular weight is 341 g/mol. The van der Waals surface area contributed by atoms with Gasteiger partial charge in [-0.25, -0.2) is 4.98 Å². The summed E-state index contributed by atoms with van der Waals surface area (Å²) in [6.07, 6.45) is 1.20. The van der Waals surface area contributed by atoms with Gasteiger partial charge in [0, 0.05) is 19.1 Å². The molecule has 1 aliphatic rings. The molecule has 1 aromatic heterocycles. The van der Waals surface area contributed by atoms with Crippen LogP contribution in [0.1, 0.15) is 29.3 Å². The molecule has 23 heavy (non-hydrogen) atoms. The lowest BCUT2D eigenvalue weighted by Gasteiger charge is -2.26. The third kappa shape index (κ3) is 3.55. The largest absolute Gasteiger partial charge is 0.416 e. The Morgan fingerprint density at radius 1 is 1.30 bits per heavy atom. The molecule has 0 spiro atoms. The van der Waals surface area contributed by atoms with Crippen LogP contribution in [-0.2, 0) is 19.1 Å². The molecule has 0 amide bonds. The molecular formula is C16H18F3N3S. The second-order valence-electron chi connectivity index (χ2n) is 5.56. The minimum atomic E-state index is -4.27. The van der Waals surface area contributed by atoms with E-state index < -0.39 is 11.7 Å². The molecule has 0 unspecified atom stereocenters. The summed E-state index contributed by atoms with van der Waals surface area (Å²) in [6, 6.07) is 5.63. The molecule has 1 aromatic carbocycles. The van der Waals surface area contributed by atoms with E-state index in [2.05, 4.69) is 14.9 Å². The summed E-state index contributed by atoms with van der Waals surface area (Å²) >= 11 is 1.63. The van der Waals surface area contributed by atoms with Crippen LogP contribution in [0, 0.1) is 0 Å². The molecule has 1 aliphatic heterocycles. The van der Waals surface area contributed by atoms with Crippen molar-refractivity contribution in [2.24, 2.45) is 0 Å². The minimum absolute atomic E-state index is 0.194. The highest BCUT2D eigenvalue weighted by molar-refractivity contribution is 7.98. The Bertz CT molecular complexity index is 664. The van der Waals surface area contributed by atoms with Crippen molar-refractivity contribution in [3.63, 3.8) is 0 Å². The predicted octanol–water partition coefficient (Wildman–Crippen LogP) is 3.90. The highest BCUT2D eigenvalue weighted by Gasteiger charge is 2.30. The number of halogens is 3. The number of nitrogens with zero attached hydrogens (tertiary/aromatic N) is 2. The maximum absolute atomic E-state index is 12.6. The second kappa shape index (κ2) is 6.57. The topological polar surface area (TPSA) is 29.9 Å². The van der Waals surface area contributed by atoms with E-state index >= 15 is 0 Å². The van der Waals surface area contributed by atoms with Crippen molar-refractivity contribution in [2.45, 2.75) is 36.8 Å². The van der Waals surface area contributed by atoms with E-state index in [1.54, 1.807) is 23.9 Å². The normalized spacial score (nSPS) is 18.0. The van der Waals surface area contributed by atoms with Crippen molar-refractivity contribution in [1.29, 1.82) is 0 Å². The van der Waals surface area contributed by atoms with Gasteiger partial charge in [0.2, 0.25) is 0 Å². The third-order valence-electron chi connectivity index (χ3n) is 4.12. The van der Waals surface area contributed by atoms with E-state index in [0.29, 0.717) is 0 Å². The Morgan fingerprint density at radius 2 is 2.04 bits per heavy atom. The molecule has 2 aromatic rings. The van der Waals surface area contributed by atoms with Gasteiger partial charge in [-0.15, -0.1) is 0 Å². The van der Waals surface area contributed by atoms with Gasteiger partial charge in [-0.1, -0.05) is 23.9 Å². The molecule has 7 heteroatoms. The Hall–Kier alpha value is -1.47. The van der Waals surface area contributed by atoms with E-state index in [4.69, 9.17) is 0 Å². The van der Waals surface area contributed by atoms with Crippen molar-refractivity contribution in [1.82, 2.24) is 14.9 Å². The van der Waals surface area contributed by atoms with Crippen molar-refractivity contribution >= 4 is 11.8 Å². The fourth-order valence-electron chi connectivity index (χ4n) is 2.91. The standard InChI is InChI=1S/C16H18F3N3S/c1-23-15-21-10-14-13(20-8-9-22(14)15)7-4-11-2-5-12(6-3-11)16(17,18)19/h2-3,5-6,10,13,20H,4,7-9H2,1H3/t13-/m0/s1. The van der Waals surface area contributed by atoms with Gasteiger partial charge in [0.05, 0.1) is 17.5 Å². The van der Waals surface area contributed by atoms with Gasteiger partial charge in [-0.3, -0.25) is 0 Å². The first-order valence-corrected chi connectivity index (χ1v) is 8.70. The zero-order valence-electron chi connectivity index (χ0n) is 12.7. The number of thioether (sulfide) groups is 1. The number of fused-ring (bicyclic) bond motifs is 1. The smallest absolute Gasteiger partial charge is 0.320 e. The maximum Gasteiger partial charge on any atom is 0.416 e. The summed E-state index contributed by atoms with van der Waals surface area (Å²) in [6.45, 7) is 1.79. The van der Waals surface area contributed by atoms with Gasteiger partial charge in [0.1, 0.15) is 0 Å². The first-order chi connectivity index (χ1) is 11.0.